The molecule has 1 saturated carbocycles. The summed E-state index contributed by atoms with van der Waals surface area (Å²) in [4.78, 5) is 28.0. The number of amides is 2. The largest absolute Gasteiger partial charge is 0.361 e. The van der Waals surface area contributed by atoms with E-state index in [0.717, 1.165) is 25.0 Å². The summed E-state index contributed by atoms with van der Waals surface area (Å²) in [5, 5.41) is 3.99. The second-order valence-electron chi connectivity index (χ2n) is 6.93. The minimum atomic E-state index is -0.00483. The van der Waals surface area contributed by atoms with E-state index in [0.29, 0.717) is 30.3 Å². The van der Waals surface area contributed by atoms with E-state index in [4.69, 9.17) is 4.52 Å². The van der Waals surface area contributed by atoms with Gasteiger partial charge in [0.2, 0.25) is 5.91 Å². The van der Waals surface area contributed by atoms with Crippen molar-refractivity contribution in [3.8, 4) is 0 Å². The maximum atomic E-state index is 12.3. The van der Waals surface area contributed by atoms with Crippen LogP contribution in [-0.2, 0) is 11.2 Å². The molecule has 1 aromatic carbocycles. The molecule has 1 aromatic heterocycles. The fourth-order valence-electron chi connectivity index (χ4n) is 2.83. The molecule has 6 heteroatoms. The molecule has 138 valence electrons. The highest BCUT2D eigenvalue weighted by molar-refractivity contribution is 5.93. The highest BCUT2D eigenvalue weighted by Gasteiger charge is 2.28. The predicted octanol–water partition coefficient (Wildman–Crippen LogP) is 2.72. The third-order valence-corrected chi connectivity index (χ3v) is 4.67. The van der Waals surface area contributed by atoms with Crippen LogP contribution in [0.1, 0.15) is 47.0 Å². The molecule has 1 aliphatic carbocycles. The molecule has 2 aromatic rings. The number of hydrogen-bond acceptors (Lipinski definition) is 4. The normalized spacial score (nSPS) is 13.5. The van der Waals surface area contributed by atoms with Crippen molar-refractivity contribution in [1.29, 1.82) is 0 Å². The summed E-state index contributed by atoms with van der Waals surface area (Å²) < 4.78 is 5.29. The first-order chi connectivity index (χ1) is 12.5. The smallest absolute Gasteiger partial charge is 0.253 e. The molecule has 0 saturated heterocycles. The summed E-state index contributed by atoms with van der Waals surface area (Å²) in [6, 6.07) is 11.1. The zero-order chi connectivity index (χ0) is 18.5. The first-order valence-electron chi connectivity index (χ1n) is 9.04. The quantitative estimate of drug-likeness (QED) is 0.730. The molecule has 0 spiro atoms. The Balaban J connectivity index is 1.40. The number of aromatic nitrogens is 1. The Hall–Kier alpha value is -2.63. The number of benzene rings is 1. The second kappa shape index (κ2) is 8.17. The molecule has 0 aliphatic heterocycles. The van der Waals surface area contributed by atoms with Gasteiger partial charge in [-0.15, -0.1) is 0 Å². The topological polar surface area (TPSA) is 66.7 Å². The van der Waals surface area contributed by atoms with Crippen LogP contribution >= 0.6 is 0 Å². The zero-order valence-corrected chi connectivity index (χ0v) is 15.4. The number of carbonyl (C=O) groups is 2. The third-order valence-electron chi connectivity index (χ3n) is 4.67. The Labute approximate surface area is 153 Å². The van der Waals surface area contributed by atoms with Gasteiger partial charge in [0.25, 0.3) is 5.91 Å². The van der Waals surface area contributed by atoms with Crippen LogP contribution in [0, 0.1) is 0 Å². The highest BCUT2D eigenvalue weighted by Crippen LogP contribution is 2.40. The summed E-state index contributed by atoms with van der Waals surface area (Å²) in [6.07, 6.45) is 3.28. The van der Waals surface area contributed by atoms with Crippen molar-refractivity contribution in [2.24, 2.45) is 0 Å². The van der Waals surface area contributed by atoms with Gasteiger partial charge < -0.3 is 14.3 Å². The van der Waals surface area contributed by atoms with Crippen molar-refractivity contribution in [3.05, 3.63) is 53.4 Å². The summed E-state index contributed by atoms with van der Waals surface area (Å²) in [7, 11) is 3.56. The van der Waals surface area contributed by atoms with E-state index in [-0.39, 0.29) is 18.2 Å². The van der Waals surface area contributed by atoms with Crippen LogP contribution in [0.15, 0.2) is 40.9 Å². The Morgan fingerprint density at radius 2 is 1.81 bits per heavy atom. The summed E-state index contributed by atoms with van der Waals surface area (Å²) in [6.45, 7) is 1.19. The molecule has 0 N–H and O–H groups in total. The van der Waals surface area contributed by atoms with Crippen LogP contribution in [0.25, 0.3) is 0 Å². The molecule has 0 atom stereocenters. The minimum Gasteiger partial charge on any atom is -0.361 e. The molecule has 1 heterocycles. The van der Waals surface area contributed by atoms with Gasteiger partial charge in [0.1, 0.15) is 5.76 Å². The standard InChI is InChI=1S/C20H25N3O3/c1-22(19(24)14-17-13-18(26-21-17)15-9-10-15)11-6-12-23(2)20(25)16-7-4-3-5-8-16/h3-5,7-8,13,15H,6,9-12,14H2,1-2H3. The van der Waals surface area contributed by atoms with Gasteiger partial charge in [-0.3, -0.25) is 9.59 Å². The zero-order valence-electron chi connectivity index (χ0n) is 15.4. The average molecular weight is 355 g/mol. The summed E-state index contributed by atoms with van der Waals surface area (Å²) in [5.41, 5.74) is 1.37. The molecule has 2 amide bonds. The maximum absolute atomic E-state index is 12.3. The molecular weight excluding hydrogens is 330 g/mol. The average Bonchev–Trinajstić information content (AvgIpc) is 3.41. The minimum absolute atomic E-state index is 0.00483. The summed E-state index contributed by atoms with van der Waals surface area (Å²) in [5.74, 6) is 1.41. The number of rotatable bonds is 8. The maximum Gasteiger partial charge on any atom is 0.253 e. The van der Waals surface area contributed by atoms with E-state index in [1.165, 1.54) is 0 Å². The van der Waals surface area contributed by atoms with Crippen LogP contribution in [0.3, 0.4) is 0 Å². The Kier molecular flexibility index (Phi) is 5.71. The second-order valence-corrected chi connectivity index (χ2v) is 6.93. The van der Waals surface area contributed by atoms with E-state index < -0.39 is 0 Å². The van der Waals surface area contributed by atoms with Gasteiger partial charge in [-0.2, -0.15) is 0 Å². The van der Waals surface area contributed by atoms with Gasteiger partial charge in [0, 0.05) is 44.7 Å². The molecule has 26 heavy (non-hydrogen) atoms. The molecule has 1 aliphatic rings. The lowest BCUT2D eigenvalue weighted by atomic mass is 10.2. The van der Waals surface area contributed by atoms with Crippen molar-refractivity contribution in [1.82, 2.24) is 15.0 Å². The highest BCUT2D eigenvalue weighted by atomic mass is 16.5. The van der Waals surface area contributed by atoms with Crippen LogP contribution in [0.2, 0.25) is 0 Å². The van der Waals surface area contributed by atoms with Crippen LogP contribution in [0.4, 0.5) is 0 Å². The van der Waals surface area contributed by atoms with Gasteiger partial charge in [0.05, 0.1) is 12.1 Å². The molecular formula is C20H25N3O3. The van der Waals surface area contributed by atoms with E-state index >= 15 is 0 Å². The fourth-order valence-corrected chi connectivity index (χ4v) is 2.83. The van der Waals surface area contributed by atoms with Crippen molar-refractivity contribution in [2.45, 2.75) is 31.6 Å². The predicted molar refractivity (Wildman–Crippen MR) is 97.8 cm³/mol. The van der Waals surface area contributed by atoms with Gasteiger partial charge >= 0.3 is 0 Å². The van der Waals surface area contributed by atoms with Gasteiger partial charge in [-0.25, -0.2) is 0 Å². The van der Waals surface area contributed by atoms with Gasteiger partial charge in [-0.05, 0) is 31.4 Å². The number of hydrogen-bond donors (Lipinski definition) is 0. The molecule has 0 bridgehead atoms. The number of nitrogens with zero attached hydrogens (tertiary/aromatic N) is 3. The Bertz CT molecular complexity index is 753. The molecule has 3 rings (SSSR count). The third kappa shape index (κ3) is 4.71. The fraction of sp³-hybridized carbons (Fsp3) is 0.450. The van der Waals surface area contributed by atoms with Crippen molar-refractivity contribution in [3.63, 3.8) is 0 Å². The lowest BCUT2D eigenvalue weighted by Gasteiger charge is -2.20. The van der Waals surface area contributed by atoms with Crippen LogP contribution < -0.4 is 0 Å². The van der Waals surface area contributed by atoms with Crippen LogP contribution in [-0.4, -0.2) is 54.0 Å². The van der Waals surface area contributed by atoms with Crippen molar-refractivity contribution < 1.29 is 14.1 Å². The first-order valence-corrected chi connectivity index (χ1v) is 9.04. The van der Waals surface area contributed by atoms with E-state index in [1.807, 2.05) is 36.4 Å². The number of carbonyl (C=O) groups excluding carboxylic acids is 2. The van der Waals surface area contributed by atoms with Gasteiger partial charge in [-0.1, -0.05) is 23.4 Å². The molecule has 1 fully saturated rings. The van der Waals surface area contributed by atoms with Gasteiger partial charge in [0.15, 0.2) is 0 Å². The monoisotopic (exact) mass is 355 g/mol. The first kappa shape index (κ1) is 18.2. The molecule has 6 nitrogen and oxygen atoms in total. The SMILES string of the molecule is CN(CCCN(C)C(=O)c1ccccc1)C(=O)Cc1cc(C2CC2)on1. The van der Waals surface area contributed by atoms with E-state index in [9.17, 15) is 9.59 Å². The molecule has 0 radical (unpaired) electrons. The summed E-state index contributed by atoms with van der Waals surface area (Å²) >= 11 is 0. The molecule has 0 unspecified atom stereocenters. The number of likely N-dealkylation sites (N-methyl/N-ethyl adjacent to an activating group) is 1. The Morgan fingerprint density at radius 1 is 1.12 bits per heavy atom. The van der Waals surface area contributed by atoms with Crippen LogP contribution in [0.5, 0.6) is 0 Å². The van der Waals surface area contributed by atoms with Crippen molar-refractivity contribution in [2.75, 3.05) is 27.2 Å². The lowest BCUT2D eigenvalue weighted by Crippen LogP contribution is -2.33. The van der Waals surface area contributed by atoms with E-state index in [2.05, 4.69) is 5.16 Å². The van der Waals surface area contributed by atoms with E-state index in [1.54, 1.807) is 23.9 Å². The Morgan fingerprint density at radius 3 is 2.50 bits per heavy atom. The lowest BCUT2D eigenvalue weighted by molar-refractivity contribution is -0.129. The van der Waals surface area contributed by atoms with Crippen molar-refractivity contribution >= 4 is 11.8 Å².